The molecule has 3 aromatic carbocycles. The van der Waals surface area contributed by atoms with E-state index >= 15 is 0 Å². The van der Waals surface area contributed by atoms with Gasteiger partial charge in [-0.15, -0.1) is 18.3 Å². The maximum absolute atomic E-state index is 13.9. The highest BCUT2D eigenvalue weighted by Gasteiger charge is 2.34. The van der Waals surface area contributed by atoms with Gasteiger partial charge >= 0.3 is 12.4 Å². The standard InChI is InChI=1S/C33H30F4N6O3S/c1-19(2)27-16-23(34)8-14-28(27)43-29(44)17-47-32(43)40-31(45)39-24-9-7-22(15-24)20-3-5-21(6-4-20)30-38-18-42(41-30)25-10-12-26(13-11-25)46-33(35,36)37/h3-6,8,10-14,16,18-19,22,24H,7,9,15,17H2,1-2H3,(H,39,45)/b40-32-. The molecule has 3 amide bonds. The molecule has 0 bridgehead atoms. The number of alkyl halides is 3. The summed E-state index contributed by atoms with van der Waals surface area (Å²) >= 11 is 1.18. The average Bonchev–Trinajstić information content (AvgIpc) is 3.78. The van der Waals surface area contributed by atoms with Crippen LogP contribution in [0.1, 0.15) is 56.1 Å². The molecule has 0 radical (unpaired) electrons. The Balaban J connectivity index is 1.07. The van der Waals surface area contributed by atoms with Crippen molar-refractivity contribution in [3.63, 3.8) is 0 Å². The number of carbonyl (C=O) groups is 2. The number of hydrogen-bond acceptors (Lipinski definition) is 6. The van der Waals surface area contributed by atoms with Crippen molar-refractivity contribution in [2.75, 3.05) is 10.7 Å². The van der Waals surface area contributed by atoms with Crippen LogP contribution in [0.25, 0.3) is 17.1 Å². The Morgan fingerprint density at radius 3 is 2.51 bits per heavy atom. The molecule has 47 heavy (non-hydrogen) atoms. The number of thioether (sulfide) groups is 1. The summed E-state index contributed by atoms with van der Waals surface area (Å²) in [7, 11) is 0. The van der Waals surface area contributed by atoms with Crippen molar-refractivity contribution >= 4 is 34.6 Å². The van der Waals surface area contributed by atoms with E-state index in [1.165, 1.54) is 64.1 Å². The highest BCUT2D eigenvalue weighted by Crippen LogP contribution is 2.36. The third-order valence-corrected chi connectivity index (χ3v) is 8.97. The number of urea groups is 1. The molecule has 1 N–H and O–H groups in total. The normalized spacial score (nSPS) is 19.2. The molecule has 1 aliphatic carbocycles. The predicted octanol–water partition coefficient (Wildman–Crippen LogP) is 7.58. The average molecular weight is 667 g/mol. The summed E-state index contributed by atoms with van der Waals surface area (Å²) in [5, 5.41) is 7.71. The molecule has 14 heteroatoms. The maximum Gasteiger partial charge on any atom is 0.573 e. The highest BCUT2D eigenvalue weighted by molar-refractivity contribution is 8.15. The van der Waals surface area contributed by atoms with Crippen LogP contribution in [0.3, 0.4) is 0 Å². The van der Waals surface area contributed by atoms with Crippen molar-refractivity contribution in [1.82, 2.24) is 20.1 Å². The van der Waals surface area contributed by atoms with Crippen LogP contribution in [0.4, 0.5) is 28.0 Å². The number of nitrogens with zero attached hydrogens (tertiary/aromatic N) is 5. The van der Waals surface area contributed by atoms with Crippen molar-refractivity contribution in [3.05, 3.63) is 90.0 Å². The van der Waals surface area contributed by atoms with Gasteiger partial charge in [-0.2, -0.15) is 4.99 Å². The van der Waals surface area contributed by atoms with E-state index in [9.17, 15) is 27.2 Å². The van der Waals surface area contributed by atoms with E-state index < -0.39 is 18.2 Å². The van der Waals surface area contributed by atoms with E-state index in [0.29, 0.717) is 22.8 Å². The van der Waals surface area contributed by atoms with Gasteiger partial charge in [0.15, 0.2) is 11.0 Å². The molecule has 2 aliphatic rings. The molecule has 2 heterocycles. The van der Waals surface area contributed by atoms with Gasteiger partial charge in [-0.25, -0.2) is 18.9 Å². The first-order chi connectivity index (χ1) is 22.4. The fourth-order valence-electron chi connectivity index (χ4n) is 5.81. The number of hydrogen-bond donors (Lipinski definition) is 1. The fraction of sp³-hybridized carbons (Fsp3) is 0.303. The number of ether oxygens (including phenoxy) is 1. The SMILES string of the molecule is CC(C)c1cc(F)ccc1N1C(=O)CS/C1=N\C(=O)NC1CCC(c2ccc(-c3ncn(-c4ccc(OC(F)(F)F)cc4)n3)cc2)C1. The van der Waals surface area contributed by atoms with Crippen molar-refractivity contribution in [1.29, 1.82) is 0 Å². The molecule has 1 aliphatic heterocycles. The van der Waals surface area contributed by atoms with E-state index in [1.807, 2.05) is 38.1 Å². The van der Waals surface area contributed by atoms with Gasteiger partial charge in [0.05, 0.1) is 17.1 Å². The third-order valence-electron chi connectivity index (χ3n) is 8.04. The maximum atomic E-state index is 13.9. The smallest absolute Gasteiger partial charge is 0.406 e. The second-order valence-corrected chi connectivity index (χ2v) is 12.5. The van der Waals surface area contributed by atoms with Gasteiger partial charge in [0.25, 0.3) is 0 Å². The zero-order chi connectivity index (χ0) is 33.3. The Morgan fingerprint density at radius 2 is 1.81 bits per heavy atom. The van der Waals surface area contributed by atoms with E-state index in [2.05, 4.69) is 25.1 Å². The molecule has 2 unspecified atom stereocenters. The predicted molar refractivity (Wildman–Crippen MR) is 170 cm³/mol. The highest BCUT2D eigenvalue weighted by atomic mass is 32.2. The van der Waals surface area contributed by atoms with E-state index in [0.717, 1.165) is 30.4 Å². The minimum atomic E-state index is -4.76. The Kier molecular flexibility index (Phi) is 9.04. The van der Waals surface area contributed by atoms with E-state index in [1.54, 1.807) is 6.07 Å². The van der Waals surface area contributed by atoms with Gasteiger partial charge in [-0.05, 0) is 84.7 Å². The first-order valence-electron chi connectivity index (χ1n) is 15.0. The summed E-state index contributed by atoms with van der Waals surface area (Å²) in [6.07, 6.45) is -0.913. The first kappa shape index (κ1) is 32.2. The lowest BCUT2D eigenvalue weighted by Gasteiger charge is -2.21. The molecule has 0 spiro atoms. The third kappa shape index (κ3) is 7.48. The molecule has 1 aromatic heterocycles. The summed E-state index contributed by atoms with van der Waals surface area (Å²) < 4.78 is 56.6. The van der Waals surface area contributed by atoms with Crippen LogP contribution >= 0.6 is 11.8 Å². The summed E-state index contributed by atoms with van der Waals surface area (Å²) in [5.41, 5.74) is 3.61. The fourth-order valence-corrected chi connectivity index (χ4v) is 6.67. The molecule has 2 fully saturated rings. The van der Waals surface area contributed by atoms with Gasteiger partial charge in [-0.1, -0.05) is 49.9 Å². The molecule has 1 saturated carbocycles. The Morgan fingerprint density at radius 1 is 1.06 bits per heavy atom. The summed E-state index contributed by atoms with van der Waals surface area (Å²) in [6.45, 7) is 3.83. The number of halogens is 4. The summed E-state index contributed by atoms with van der Waals surface area (Å²) in [6, 6.07) is 16.8. The number of benzene rings is 3. The van der Waals surface area contributed by atoms with Crippen LogP contribution in [-0.4, -0.2) is 50.0 Å². The van der Waals surface area contributed by atoms with Gasteiger partial charge in [0.1, 0.15) is 17.9 Å². The lowest BCUT2D eigenvalue weighted by molar-refractivity contribution is -0.274. The number of amidine groups is 1. The minimum Gasteiger partial charge on any atom is -0.406 e. The number of amides is 3. The largest absolute Gasteiger partial charge is 0.573 e. The van der Waals surface area contributed by atoms with Crippen LogP contribution in [-0.2, 0) is 4.79 Å². The summed E-state index contributed by atoms with van der Waals surface area (Å²) in [5.74, 6) is -0.142. The second-order valence-electron chi connectivity index (χ2n) is 11.6. The Hall–Kier alpha value is -4.72. The quantitative estimate of drug-likeness (QED) is 0.204. The summed E-state index contributed by atoms with van der Waals surface area (Å²) in [4.78, 5) is 35.7. The molecule has 6 rings (SSSR count). The monoisotopic (exact) mass is 666 g/mol. The second kappa shape index (κ2) is 13.2. The molecule has 9 nitrogen and oxygen atoms in total. The van der Waals surface area contributed by atoms with E-state index in [-0.39, 0.29) is 40.5 Å². The number of carbonyl (C=O) groups excluding carboxylic acids is 2. The molecular formula is C33H30F4N6O3S. The van der Waals surface area contributed by atoms with Gasteiger partial charge < -0.3 is 10.1 Å². The Bertz CT molecular complexity index is 1810. The number of nitrogens with one attached hydrogen (secondary N) is 1. The van der Waals surface area contributed by atoms with Crippen molar-refractivity contribution in [3.8, 4) is 22.8 Å². The van der Waals surface area contributed by atoms with Crippen molar-refractivity contribution in [2.24, 2.45) is 4.99 Å². The van der Waals surface area contributed by atoms with Gasteiger partial charge in [0, 0.05) is 11.6 Å². The minimum absolute atomic E-state index is 0.0385. The van der Waals surface area contributed by atoms with Crippen molar-refractivity contribution in [2.45, 2.75) is 57.3 Å². The molecule has 1 saturated heterocycles. The van der Waals surface area contributed by atoms with Crippen LogP contribution in [0.15, 0.2) is 78.0 Å². The molecule has 4 aromatic rings. The molecule has 244 valence electrons. The molecule has 2 atom stereocenters. The van der Waals surface area contributed by atoms with E-state index in [4.69, 9.17) is 0 Å². The lowest BCUT2D eigenvalue weighted by atomic mass is 9.96. The van der Waals surface area contributed by atoms with Gasteiger partial charge in [-0.3, -0.25) is 9.69 Å². The first-order valence-corrected chi connectivity index (χ1v) is 15.9. The number of rotatable bonds is 7. The van der Waals surface area contributed by atoms with Crippen LogP contribution < -0.4 is 15.0 Å². The van der Waals surface area contributed by atoms with Crippen LogP contribution in [0.5, 0.6) is 5.75 Å². The lowest BCUT2D eigenvalue weighted by Crippen LogP contribution is -2.34. The molecular weight excluding hydrogens is 636 g/mol. The van der Waals surface area contributed by atoms with Crippen LogP contribution in [0.2, 0.25) is 0 Å². The number of anilines is 1. The van der Waals surface area contributed by atoms with Crippen molar-refractivity contribution < 1.29 is 31.9 Å². The number of aliphatic imine (C=N–C) groups is 1. The zero-order valence-electron chi connectivity index (χ0n) is 25.4. The topological polar surface area (TPSA) is 102 Å². The Labute approximate surface area is 272 Å². The van der Waals surface area contributed by atoms with Gasteiger partial charge in [0.2, 0.25) is 5.91 Å². The zero-order valence-corrected chi connectivity index (χ0v) is 26.2. The van der Waals surface area contributed by atoms with Crippen LogP contribution in [0, 0.1) is 5.82 Å². The number of aromatic nitrogens is 3.